The Kier molecular flexibility index (Phi) is 10.2. The predicted octanol–water partition coefficient (Wildman–Crippen LogP) is 22.4. The van der Waals surface area contributed by atoms with Crippen LogP contribution in [0.25, 0.3) is 169 Å². The smallest absolute Gasteiger partial charge is 0.0617 e. The molecule has 17 rings (SSSR count). The molecule has 0 aliphatic rings. The predicted molar refractivity (Wildman–Crippen MR) is 347 cm³/mol. The fraction of sp³-hybridized carbons (Fsp3) is 0. The Hall–Kier alpha value is -8.92. The zero-order valence-corrected chi connectivity index (χ0v) is 46.0. The van der Waals surface area contributed by atoms with Gasteiger partial charge in [0.25, 0.3) is 0 Å². The molecule has 3 heteroatoms. The molecular weight excluding hydrogens is 1060 g/mol. The van der Waals surface area contributed by atoms with Crippen LogP contribution in [-0.2, 0) is 0 Å². The van der Waals surface area contributed by atoms with Crippen LogP contribution < -0.4 is 0 Å². The average molecular weight is 1100 g/mol. The summed E-state index contributed by atoms with van der Waals surface area (Å²) in [6.45, 7) is 0. The van der Waals surface area contributed by atoms with Crippen LogP contribution in [0.5, 0.6) is 0 Å². The van der Waals surface area contributed by atoms with Crippen molar-refractivity contribution in [3.63, 3.8) is 0 Å². The first-order valence-electron chi connectivity index (χ1n) is 27.0. The first-order valence-corrected chi connectivity index (χ1v) is 30.4. The Morgan fingerprint density at radius 3 is 0.848 bits per heavy atom. The maximum absolute atomic E-state index is 2.52. The van der Waals surface area contributed by atoms with E-state index >= 15 is 0 Å². The molecule has 0 radical (unpaired) electrons. The average Bonchev–Trinajstić information content (AvgIpc) is 4.38. The first kappa shape index (κ1) is 45.1. The number of hydrogen-bond donors (Lipinski definition) is 0. The molecule has 0 bridgehead atoms. The summed E-state index contributed by atoms with van der Waals surface area (Å²) in [4.78, 5) is 0. The fourth-order valence-electron chi connectivity index (χ4n) is 13.1. The van der Waals surface area contributed by atoms with Crippen molar-refractivity contribution in [3.05, 3.63) is 267 Å². The van der Waals surface area contributed by atoms with Crippen LogP contribution in [0, 0.1) is 0 Å². The fourth-order valence-corrected chi connectivity index (χ4v) is 17.6. The number of thiophene rings is 2. The number of rotatable bonds is 6. The Morgan fingerprint density at radius 2 is 0.468 bits per heavy atom. The van der Waals surface area contributed by atoms with Gasteiger partial charge in [-0.2, -0.15) is 0 Å². The molecule has 0 amide bonds. The molecule has 0 aliphatic carbocycles. The molecule has 14 aromatic carbocycles. The van der Waals surface area contributed by atoms with Crippen LogP contribution >= 0.6 is 22.7 Å². The van der Waals surface area contributed by atoms with Crippen LogP contribution in [-0.4, -0.2) is 14.5 Å². The van der Waals surface area contributed by atoms with E-state index in [1.54, 1.807) is 0 Å². The number of benzene rings is 14. The Bertz CT molecular complexity index is 5250. The summed E-state index contributed by atoms with van der Waals surface area (Å²) < 4.78 is 8.15. The van der Waals surface area contributed by atoms with Crippen molar-refractivity contribution < 1.29 is 0 Å². The van der Waals surface area contributed by atoms with E-state index in [0.29, 0.717) is 0 Å². The zero-order chi connectivity index (χ0) is 51.7. The molecule has 0 spiro atoms. The molecule has 3 aromatic heterocycles. The van der Waals surface area contributed by atoms with Gasteiger partial charge in [-0.3, -0.25) is 0 Å². The summed E-state index contributed by atoms with van der Waals surface area (Å²) in [5.74, 6) is 0. The van der Waals surface area contributed by atoms with E-state index in [4.69, 9.17) is 0 Å². The van der Waals surface area contributed by atoms with Crippen LogP contribution in [0.4, 0.5) is 0 Å². The third-order valence-corrected chi connectivity index (χ3v) is 21.3. The molecule has 0 nitrogen and oxygen atoms in total. The van der Waals surface area contributed by atoms with Gasteiger partial charge < -0.3 is 0 Å². The molecule has 0 N–H and O–H groups in total. The minimum Gasteiger partial charge on any atom is -0.0617 e. The van der Waals surface area contributed by atoms with Gasteiger partial charge in [0.2, 0.25) is 0 Å². The number of fused-ring (bicyclic) bond motifs is 13. The maximum atomic E-state index is 2.52. The number of hydrogen-bond acceptors (Lipinski definition) is 2. The zero-order valence-electron chi connectivity index (χ0n) is 42.6. The standard InChI is InChI=1S/C76H44S2Se/c1-3-15-45(16-4-1)47-28-34-67-62(39-47)64-41-49(30-36-69(64)77-67)73-54-19-7-9-21-56(54)75(57-22-10-8-20-55(57)73)51-32-38-71-66(43-51)53-33-27-52(44-72(53)79-71)76-60-25-13-11-23-58(60)74(59-24-12-14-26-61(59)76)50-31-37-70-65(42-50)63-40-48(29-35-68(63)78-70)46-17-5-2-6-18-46/h1-44H. The van der Waals surface area contributed by atoms with E-state index in [1.165, 1.54) is 169 Å². The molecule has 3 heterocycles. The first-order chi connectivity index (χ1) is 39.1. The van der Waals surface area contributed by atoms with Crippen molar-refractivity contribution in [1.29, 1.82) is 0 Å². The third-order valence-electron chi connectivity index (χ3n) is 16.6. The molecule has 0 fully saturated rings. The van der Waals surface area contributed by atoms with Crippen molar-refractivity contribution in [2.45, 2.75) is 0 Å². The minimum atomic E-state index is 0.157. The van der Waals surface area contributed by atoms with Gasteiger partial charge in [0.05, 0.1) is 0 Å². The van der Waals surface area contributed by atoms with Gasteiger partial charge in [-0.05, 0) is 40.5 Å². The molecule has 0 atom stereocenters. The van der Waals surface area contributed by atoms with Crippen molar-refractivity contribution >= 4 is 140 Å². The second kappa shape index (κ2) is 17.8. The summed E-state index contributed by atoms with van der Waals surface area (Å²) in [5, 5.41) is 18.2. The summed E-state index contributed by atoms with van der Waals surface area (Å²) >= 11 is 3.92. The molecule has 0 saturated heterocycles. The van der Waals surface area contributed by atoms with Gasteiger partial charge >= 0.3 is 344 Å². The molecule has 0 unspecified atom stereocenters. The van der Waals surface area contributed by atoms with Crippen molar-refractivity contribution in [1.82, 2.24) is 0 Å². The van der Waals surface area contributed by atoms with Gasteiger partial charge in [0.15, 0.2) is 0 Å². The summed E-state index contributed by atoms with van der Waals surface area (Å²) in [5.41, 5.74) is 15.2. The van der Waals surface area contributed by atoms with Crippen LogP contribution in [0.3, 0.4) is 0 Å². The summed E-state index contributed by atoms with van der Waals surface area (Å²) in [6.07, 6.45) is 0. The normalized spacial score (nSPS) is 12.1. The van der Waals surface area contributed by atoms with Crippen LogP contribution in [0.15, 0.2) is 267 Å². The van der Waals surface area contributed by atoms with E-state index in [1.807, 2.05) is 22.7 Å². The van der Waals surface area contributed by atoms with Crippen molar-refractivity contribution in [2.24, 2.45) is 0 Å². The third kappa shape index (κ3) is 7.11. The molecule has 0 saturated carbocycles. The van der Waals surface area contributed by atoms with E-state index in [2.05, 4.69) is 267 Å². The molecule has 0 aliphatic heterocycles. The Morgan fingerprint density at radius 1 is 0.177 bits per heavy atom. The minimum absolute atomic E-state index is 0.157. The second-order valence-corrected chi connectivity index (χ2v) is 25.4. The van der Waals surface area contributed by atoms with E-state index < -0.39 is 0 Å². The monoisotopic (exact) mass is 1100 g/mol. The van der Waals surface area contributed by atoms with Gasteiger partial charge in [0.1, 0.15) is 0 Å². The van der Waals surface area contributed by atoms with Crippen LogP contribution in [0.2, 0.25) is 0 Å². The molecule has 79 heavy (non-hydrogen) atoms. The van der Waals surface area contributed by atoms with E-state index in [9.17, 15) is 0 Å². The van der Waals surface area contributed by atoms with E-state index in [-0.39, 0.29) is 14.5 Å². The van der Waals surface area contributed by atoms with Crippen molar-refractivity contribution in [3.8, 4) is 66.8 Å². The quantitative estimate of drug-likeness (QED) is 0.115. The molecule has 366 valence electrons. The Balaban J connectivity index is 0.794. The topological polar surface area (TPSA) is 0 Å². The van der Waals surface area contributed by atoms with Crippen LogP contribution in [0.1, 0.15) is 0 Å². The van der Waals surface area contributed by atoms with Gasteiger partial charge in [-0.15, -0.1) is 11.3 Å². The molecular formula is C76H44S2Se. The Labute approximate surface area is 470 Å². The molecule has 17 aromatic rings. The van der Waals surface area contributed by atoms with Gasteiger partial charge in [-0.1, -0.05) is 72.8 Å². The van der Waals surface area contributed by atoms with E-state index in [0.717, 1.165) is 0 Å². The summed E-state index contributed by atoms with van der Waals surface area (Å²) in [6, 6.07) is 101. The van der Waals surface area contributed by atoms with Crippen molar-refractivity contribution in [2.75, 3.05) is 0 Å². The summed E-state index contributed by atoms with van der Waals surface area (Å²) in [7, 11) is 0. The second-order valence-electron chi connectivity index (χ2n) is 21.0. The van der Waals surface area contributed by atoms with Gasteiger partial charge in [-0.25, -0.2) is 0 Å². The van der Waals surface area contributed by atoms with Gasteiger partial charge in [0, 0.05) is 4.70 Å². The SMILES string of the molecule is c1ccc(-c2ccc3sc4ccc(-c5c6ccccc6c(-c6ccc7c(c6)[se]c6ccc(-c8c9ccccc9c(-c9ccc%10sc%11ccc(-c%12ccccc%12)cc%11c%10c9)c9ccccc89)cc67)c6ccccc56)cc4c3c2)cc1.